The van der Waals surface area contributed by atoms with Gasteiger partial charge in [0.25, 0.3) is 0 Å². The number of anilines is 1. The molecule has 0 unspecified atom stereocenters. The summed E-state index contributed by atoms with van der Waals surface area (Å²) in [7, 11) is 1.57. The quantitative estimate of drug-likeness (QED) is 0.941. The predicted molar refractivity (Wildman–Crippen MR) is 71.1 cm³/mol. The molecule has 0 aliphatic carbocycles. The first-order chi connectivity index (χ1) is 10.5. The molecule has 0 aromatic carbocycles. The molecule has 118 valence electrons. The van der Waals surface area contributed by atoms with Crippen molar-refractivity contribution < 1.29 is 17.9 Å². The number of H-pyrrole nitrogens is 1. The van der Waals surface area contributed by atoms with Crippen molar-refractivity contribution in [2.24, 2.45) is 0 Å². The molecule has 1 fully saturated rings. The number of aromatic amines is 1. The van der Waals surface area contributed by atoms with Crippen LogP contribution in [0, 0.1) is 0 Å². The maximum absolute atomic E-state index is 12.8. The summed E-state index contributed by atoms with van der Waals surface area (Å²) in [5.74, 6) is 0.828. The van der Waals surface area contributed by atoms with Crippen LogP contribution in [0.5, 0.6) is 0 Å². The van der Waals surface area contributed by atoms with Crippen molar-refractivity contribution in [3.05, 3.63) is 36.0 Å². The number of ether oxygens (including phenoxy) is 1. The van der Waals surface area contributed by atoms with Crippen LogP contribution < -0.4 is 4.90 Å². The smallest absolute Gasteiger partial charge is 0.380 e. The molecule has 0 amide bonds. The van der Waals surface area contributed by atoms with Crippen LogP contribution in [0.3, 0.4) is 0 Å². The van der Waals surface area contributed by atoms with Crippen LogP contribution in [0.25, 0.3) is 0 Å². The Morgan fingerprint density at radius 3 is 2.82 bits per heavy atom. The average molecular weight is 313 g/mol. The van der Waals surface area contributed by atoms with E-state index in [2.05, 4.69) is 20.2 Å². The molecule has 3 rings (SSSR count). The molecule has 22 heavy (non-hydrogen) atoms. The molecule has 2 aromatic rings. The zero-order chi connectivity index (χ0) is 15.7. The molecule has 0 spiro atoms. The fourth-order valence-corrected chi connectivity index (χ4v) is 2.60. The predicted octanol–water partition coefficient (Wildman–Crippen LogP) is 2.18. The Bertz CT molecular complexity index is 631. The van der Waals surface area contributed by atoms with Crippen molar-refractivity contribution >= 4 is 5.82 Å². The highest BCUT2D eigenvalue weighted by atomic mass is 19.4. The van der Waals surface area contributed by atoms with Gasteiger partial charge in [-0.05, 0) is 12.1 Å². The van der Waals surface area contributed by atoms with Crippen LogP contribution in [-0.2, 0) is 10.9 Å². The van der Waals surface area contributed by atoms with Crippen LogP contribution in [0.1, 0.15) is 24.0 Å². The van der Waals surface area contributed by atoms with Gasteiger partial charge in [0, 0.05) is 20.1 Å². The summed E-state index contributed by atoms with van der Waals surface area (Å²) in [6.45, 7) is 0.441. The van der Waals surface area contributed by atoms with Crippen molar-refractivity contribution in [2.45, 2.75) is 24.7 Å². The second-order valence-corrected chi connectivity index (χ2v) is 5.01. The Balaban J connectivity index is 1.94. The van der Waals surface area contributed by atoms with E-state index in [1.165, 1.54) is 12.4 Å². The fourth-order valence-electron chi connectivity index (χ4n) is 2.60. The summed E-state index contributed by atoms with van der Waals surface area (Å²) < 4.78 is 43.8. The van der Waals surface area contributed by atoms with Gasteiger partial charge in [-0.25, -0.2) is 9.97 Å². The van der Waals surface area contributed by atoms with E-state index in [-0.39, 0.29) is 18.0 Å². The molecular formula is C13H14F3N5O. The molecule has 2 atom stereocenters. The second-order valence-electron chi connectivity index (χ2n) is 5.01. The highest BCUT2D eigenvalue weighted by molar-refractivity contribution is 5.44. The molecule has 6 nitrogen and oxygen atoms in total. The lowest BCUT2D eigenvalue weighted by Crippen LogP contribution is -2.27. The van der Waals surface area contributed by atoms with Gasteiger partial charge in [0.2, 0.25) is 0 Å². The minimum atomic E-state index is -4.47. The number of rotatable bonds is 3. The van der Waals surface area contributed by atoms with E-state index in [9.17, 15) is 13.2 Å². The SMILES string of the molecule is CO[C@@H]1C[C@@H](c2ncn[nH]2)N(c2cccc(C(F)(F)F)n2)C1. The largest absolute Gasteiger partial charge is 0.433 e. The van der Waals surface area contributed by atoms with Crippen LogP contribution >= 0.6 is 0 Å². The number of halogens is 3. The van der Waals surface area contributed by atoms with Gasteiger partial charge < -0.3 is 9.64 Å². The lowest BCUT2D eigenvalue weighted by atomic mass is 10.2. The standard InChI is InChI=1S/C13H14F3N5O/c1-22-8-5-9(12-17-7-18-20-12)21(6-8)11-4-2-3-10(19-11)13(14,15)16/h2-4,7-9H,5-6H2,1H3,(H,17,18,20)/t8-,9+/m1/s1. The normalized spacial score (nSPS) is 22.3. The lowest BCUT2D eigenvalue weighted by Gasteiger charge is -2.24. The Morgan fingerprint density at radius 1 is 1.36 bits per heavy atom. The number of pyridine rings is 1. The van der Waals surface area contributed by atoms with E-state index in [4.69, 9.17) is 4.74 Å². The molecule has 1 saturated heterocycles. The van der Waals surface area contributed by atoms with Crippen molar-refractivity contribution in [3.63, 3.8) is 0 Å². The zero-order valence-electron chi connectivity index (χ0n) is 11.7. The van der Waals surface area contributed by atoms with E-state index in [0.29, 0.717) is 18.8 Å². The van der Waals surface area contributed by atoms with Crippen molar-refractivity contribution in [2.75, 3.05) is 18.6 Å². The average Bonchev–Trinajstić information content (AvgIpc) is 3.15. The number of nitrogens with zero attached hydrogens (tertiary/aromatic N) is 4. The van der Waals surface area contributed by atoms with Crippen LogP contribution in [0.15, 0.2) is 24.5 Å². The Kier molecular flexibility index (Phi) is 3.73. The highest BCUT2D eigenvalue weighted by Gasteiger charge is 2.38. The summed E-state index contributed by atoms with van der Waals surface area (Å²) >= 11 is 0. The number of alkyl halides is 3. The molecular weight excluding hydrogens is 299 g/mol. The molecule has 1 aliphatic heterocycles. The molecule has 1 aliphatic rings. The molecule has 0 radical (unpaired) electrons. The van der Waals surface area contributed by atoms with Crippen LogP contribution in [-0.4, -0.2) is 39.9 Å². The van der Waals surface area contributed by atoms with Crippen molar-refractivity contribution in [1.29, 1.82) is 0 Å². The van der Waals surface area contributed by atoms with Gasteiger partial charge in [-0.1, -0.05) is 6.07 Å². The lowest BCUT2D eigenvalue weighted by molar-refractivity contribution is -0.141. The van der Waals surface area contributed by atoms with Gasteiger partial charge in [-0.2, -0.15) is 18.3 Å². The number of aromatic nitrogens is 4. The number of nitrogens with one attached hydrogen (secondary N) is 1. The summed E-state index contributed by atoms with van der Waals surface area (Å²) in [6.07, 6.45) is -2.61. The van der Waals surface area contributed by atoms with Gasteiger partial charge in [0.1, 0.15) is 23.7 Å². The van der Waals surface area contributed by atoms with E-state index in [1.54, 1.807) is 18.1 Å². The third-order valence-corrected chi connectivity index (χ3v) is 3.66. The fraction of sp³-hybridized carbons (Fsp3) is 0.462. The van der Waals surface area contributed by atoms with E-state index < -0.39 is 11.9 Å². The van der Waals surface area contributed by atoms with Gasteiger partial charge >= 0.3 is 6.18 Å². The van der Waals surface area contributed by atoms with Crippen LogP contribution in [0.2, 0.25) is 0 Å². The van der Waals surface area contributed by atoms with Crippen molar-refractivity contribution in [1.82, 2.24) is 20.2 Å². The van der Waals surface area contributed by atoms with Gasteiger partial charge in [0.15, 0.2) is 0 Å². The maximum atomic E-state index is 12.8. The Labute approximate surface area is 124 Å². The summed E-state index contributed by atoms with van der Waals surface area (Å²) in [6, 6.07) is 3.61. The monoisotopic (exact) mass is 313 g/mol. The van der Waals surface area contributed by atoms with Gasteiger partial charge in [-0.15, -0.1) is 0 Å². The number of methoxy groups -OCH3 is 1. The first-order valence-corrected chi connectivity index (χ1v) is 6.68. The third kappa shape index (κ3) is 2.76. The molecule has 1 N–H and O–H groups in total. The van der Waals surface area contributed by atoms with Gasteiger partial charge in [-0.3, -0.25) is 5.10 Å². The topological polar surface area (TPSA) is 66.9 Å². The third-order valence-electron chi connectivity index (χ3n) is 3.66. The molecule has 0 bridgehead atoms. The summed E-state index contributed by atoms with van der Waals surface area (Å²) in [4.78, 5) is 9.59. The Morgan fingerprint density at radius 2 is 2.18 bits per heavy atom. The van der Waals surface area contributed by atoms with Crippen molar-refractivity contribution in [3.8, 4) is 0 Å². The van der Waals surface area contributed by atoms with E-state index in [1.807, 2.05) is 0 Å². The molecule has 9 heteroatoms. The maximum Gasteiger partial charge on any atom is 0.433 e. The summed E-state index contributed by atoms with van der Waals surface area (Å²) in [5, 5.41) is 6.56. The number of hydrogen-bond acceptors (Lipinski definition) is 5. The molecule has 2 aromatic heterocycles. The zero-order valence-corrected chi connectivity index (χ0v) is 11.7. The van der Waals surface area contributed by atoms with E-state index in [0.717, 1.165) is 6.07 Å². The molecule has 3 heterocycles. The first kappa shape index (κ1) is 14.8. The second kappa shape index (κ2) is 5.56. The minimum Gasteiger partial charge on any atom is -0.380 e. The molecule has 0 saturated carbocycles. The highest BCUT2D eigenvalue weighted by Crippen LogP contribution is 2.36. The van der Waals surface area contributed by atoms with Crippen LogP contribution in [0.4, 0.5) is 19.0 Å². The first-order valence-electron chi connectivity index (χ1n) is 6.68. The number of hydrogen-bond donors (Lipinski definition) is 1. The summed E-state index contributed by atoms with van der Waals surface area (Å²) in [5.41, 5.74) is -0.915. The van der Waals surface area contributed by atoms with E-state index >= 15 is 0 Å². The van der Waals surface area contributed by atoms with Gasteiger partial charge in [0.05, 0.1) is 12.1 Å². The minimum absolute atomic E-state index is 0.105. The Hall–Kier alpha value is -2.16.